The molecule has 2 heterocycles. The molecule has 12 heavy (non-hydrogen) atoms. The topological polar surface area (TPSA) is 65.0 Å². The zero-order chi connectivity index (χ0) is 8.55. The zero-order valence-electron chi connectivity index (χ0n) is 6.38. The van der Waals surface area contributed by atoms with Crippen molar-refractivity contribution in [2.75, 3.05) is 13.2 Å². The Hall–Kier alpha value is -0.650. The van der Waals surface area contributed by atoms with Crippen LogP contribution in [0.15, 0.2) is 0 Å². The van der Waals surface area contributed by atoms with Crippen LogP contribution in [0.2, 0.25) is 0 Å². The lowest BCUT2D eigenvalue weighted by Crippen LogP contribution is -2.32. The van der Waals surface area contributed by atoms with E-state index in [0.717, 1.165) is 0 Å². The molecule has 2 rings (SSSR count). The van der Waals surface area contributed by atoms with Crippen molar-refractivity contribution in [2.24, 2.45) is 0 Å². The standard InChI is InChI=1S/C7H10O5/c8-3-12-5-2-11-6-4(9)1-10-7(5)6/h3-7,9H,1-2H2/t4?,5?,6-,7-/m1/s1. The van der Waals surface area contributed by atoms with E-state index in [2.05, 4.69) is 0 Å². The van der Waals surface area contributed by atoms with Gasteiger partial charge in [0.15, 0.2) is 6.10 Å². The summed E-state index contributed by atoms with van der Waals surface area (Å²) >= 11 is 0. The summed E-state index contributed by atoms with van der Waals surface area (Å²) in [6, 6.07) is 0. The minimum atomic E-state index is -0.588. The molecule has 2 saturated heterocycles. The Morgan fingerprint density at radius 2 is 2.08 bits per heavy atom. The third-order valence-corrected chi connectivity index (χ3v) is 2.21. The fourth-order valence-electron chi connectivity index (χ4n) is 1.63. The summed E-state index contributed by atoms with van der Waals surface area (Å²) in [5, 5.41) is 9.29. The van der Waals surface area contributed by atoms with Crippen LogP contribution in [0.1, 0.15) is 0 Å². The molecular formula is C7H10O5. The Morgan fingerprint density at radius 3 is 2.83 bits per heavy atom. The smallest absolute Gasteiger partial charge is 0.293 e. The molecule has 68 valence electrons. The molecule has 5 heteroatoms. The van der Waals surface area contributed by atoms with Crippen LogP contribution in [0.25, 0.3) is 0 Å². The van der Waals surface area contributed by atoms with Gasteiger partial charge in [0.25, 0.3) is 6.47 Å². The lowest BCUT2D eigenvalue weighted by Gasteiger charge is -2.12. The van der Waals surface area contributed by atoms with Crippen molar-refractivity contribution in [1.82, 2.24) is 0 Å². The summed E-state index contributed by atoms with van der Waals surface area (Å²) < 4.78 is 15.1. The monoisotopic (exact) mass is 174 g/mol. The van der Waals surface area contributed by atoms with E-state index in [1.165, 1.54) is 0 Å². The van der Waals surface area contributed by atoms with Gasteiger partial charge in [0.05, 0.1) is 13.2 Å². The summed E-state index contributed by atoms with van der Waals surface area (Å²) in [5.74, 6) is 0. The van der Waals surface area contributed by atoms with Gasteiger partial charge in [0.1, 0.15) is 18.3 Å². The molecule has 1 N–H and O–H groups in total. The van der Waals surface area contributed by atoms with Crippen molar-refractivity contribution in [1.29, 1.82) is 0 Å². The average molecular weight is 174 g/mol. The van der Waals surface area contributed by atoms with E-state index in [1.54, 1.807) is 0 Å². The maximum atomic E-state index is 10.0. The van der Waals surface area contributed by atoms with Gasteiger partial charge < -0.3 is 19.3 Å². The second kappa shape index (κ2) is 3.01. The highest BCUT2D eigenvalue weighted by atomic mass is 16.6. The predicted molar refractivity (Wildman–Crippen MR) is 36.4 cm³/mol. The SMILES string of the molecule is O=COC1CO[C@@H]2C(O)CO[C@H]12. The Balaban J connectivity index is 2.00. The molecule has 2 aliphatic heterocycles. The summed E-state index contributed by atoms with van der Waals surface area (Å²) in [4.78, 5) is 10.0. The molecule has 0 saturated carbocycles. The number of hydrogen-bond acceptors (Lipinski definition) is 5. The fourth-order valence-corrected chi connectivity index (χ4v) is 1.63. The predicted octanol–water partition coefficient (Wildman–Crippen LogP) is -1.31. The van der Waals surface area contributed by atoms with Crippen molar-refractivity contribution in [2.45, 2.75) is 24.4 Å². The molecule has 0 bridgehead atoms. The number of aliphatic hydroxyl groups excluding tert-OH is 1. The second-order valence-corrected chi connectivity index (χ2v) is 2.93. The van der Waals surface area contributed by atoms with Crippen LogP contribution in [-0.2, 0) is 19.0 Å². The summed E-state index contributed by atoms with van der Waals surface area (Å²) in [5.41, 5.74) is 0. The molecule has 0 amide bonds. The van der Waals surface area contributed by atoms with Crippen molar-refractivity contribution >= 4 is 6.47 Å². The number of ether oxygens (including phenoxy) is 3. The highest BCUT2D eigenvalue weighted by Crippen LogP contribution is 2.28. The maximum Gasteiger partial charge on any atom is 0.293 e. The zero-order valence-corrected chi connectivity index (χ0v) is 6.38. The molecular weight excluding hydrogens is 164 g/mol. The van der Waals surface area contributed by atoms with E-state index in [4.69, 9.17) is 14.2 Å². The molecule has 0 aromatic rings. The van der Waals surface area contributed by atoms with Gasteiger partial charge in [-0.2, -0.15) is 0 Å². The average Bonchev–Trinajstić information content (AvgIpc) is 2.58. The molecule has 0 aliphatic carbocycles. The van der Waals surface area contributed by atoms with Crippen LogP contribution in [-0.4, -0.2) is 49.2 Å². The van der Waals surface area contributed by atoms with Crippen molar-refractivity contribution in [3.05, 3.63) is 0 Å². The Bertz CT molecular complexity index is 183. The Kier molecular flexibility index (Phi) is 2.00. The van der Waals surface area contributed by atoms with Gasteiger partial charge in [0.2, 0.25) is 0 Å². The molecule has 0 aromatic heterocycles. The Labute approximate surface area is 69.2 Å². The number of rotatable bonds is 2. The molecule has 5 nitrogen and oxygen atoms in total. The van der Waals surface area contributed by atoms with Crippen LogP contribution in [0, 0.1) is 0 Å². The molecule has 2 aliphatic rings. The number of hydrogen-bond donors (Lipinski definition) is 1. The summed E-state index contributed by atoms with van der Waals surface area (Å²) in [6.07, 6.45) is -1.56. The van der Waals surface area contributed by atoms with Crippen LogP contribution < -0.4 is 0 Å². The van der Waals surface area contributed by atoms with Crippen LogP contribution in [0.3, 0.4) is 0 Å². The summed E-state index contributed by atoms with van der Waals surface area (Å²) in [7, 11) is 0. The third-order valence-electron chi connectivity index (χ3n) is 2.21. The highest BCUT2D eigenvalue weighted by Gasteiger charge is 2.48. The largest absolute Gasteiger partial charge is 0.459 e. The van der Waals surface area contributed by atoms with Crippen molar-refractivity contribution < 1.29 is 24.1 Å². The molecule has 4 atom stereocenters. The number of carbonyl (C=O) groups is 1. The fraction of sp³-hybridized carbons (Fsp3) is 0.857. The molecule has 0 spiro atoms. The first kappa shape index (κ1) is 7.97. The van der Waals surface area contributed by atoms with Gasteiger partial charge in [0, 0.05) is 0 Å². The van der Waals surface area contributed by atoms with E-state index in [1.807, 2.05) is 0 Å². The number of fused-ring (bicyclic) bond motifs is 1. The minimum absolute atomic E-state index is 0.258. The first-order valence-electron chi connectivity index (χ1n) is 3.83. The maximum absolute atomic E-state index is 10.0. The van der Waals surface area contributed by atoms with Crippen LogP contribution in [0.4, 0.5) is 0 Å². The third kappa shape index (κ3) is 1.10. The van der Waals surface area contributed by atoms with Gasteiger partial charge in [-0.05, 0) is 0 Å². The van der Waals surface area contributed by atoms with E-state index in [0.29, 0.717) is 13.1 Å². The van der Waals surface area contributed by atoms with E-state index in [9.17, 15) is 9.90 Å². The van der Waals surface area contributed by atoms with Gasteiger partial charge in [-0.1, -0.05) is 0 Å². The van der Waals surface area contributed by atoms with E-state index < -0.39 is 6.10 Å². The van der Waals surface area contributed by atoms with Gasteiger partial charge in [-0.3, -0.25) is 4.79 Å². The molecule has 2 fully saturated rings. The van der Waals surface area contributed by atoms with E-state index in [-0.39, 0.29) is 24.9 Å². The lowest BCUT2D eigenvalue weighted by atomic mass is 10.1. The molecule has 2 unspecified atom stereocenters. The highest BCUT2D eigenvalue weighted by molar-refractivity contribution is 5.37. The van der Waals surface area contributed by atoms with Crippen LogP contribution >= 0.6 is 0 Å². The second-order valence-electron chi connectivity index (χ2n) is 2.93. The number of carbonyl (C=O) groups excluding carboxylic acids is 1. The van der Waals surface area contributed by atoms with Crippen molar-refractivity contribution in [3.63, 3.8) is 0 Å². The van der Waals surface area contributed by atoms with Gasteiger partial charge >= 0.3 is 0 Å². The lowest BCUT2D eigenvalue weighted by molar-refractivity contribution is -0.138. The summed E-state index contributed by atoms with van der Waals surface area (Å²) in [6.45, 7) is 0.948. The number of aliphatic hydroxyl groups is 1. The van der Waals surface area contributed by atoms with Crippen molar-refractivity contribution in [3.8, 4) is 0 Å². The first-order chi connectivity index (χ1) is 5.83. The van der Waals surface area contributed by atoms with E-state index >= 15 is 0 Å². The molecule has 0 radical (unpaired) electrons. The van der Waals surface area contributed by atoms with Gasteiger partial charge in [-0.25, -0.2) is 0 Å². The van der Waals surface area contributed by atoms with Crippen LogP contribution in [0.5, 0.6) is 0 Å². The quantitative estimate of drug-likeness (QED) is 0.526. The molecule has 0 aromatic carbocycles. The Morgan fingerprint density at radius 1 is 1.33 bits per heavy atom. The minimum Gasteiger partial charge on any atom is -0.459 e. The normalized spacial score (nSPS) is 45.8. The van der Waals surface area contributed by atoms with Gasteiger partial charge in [-0.15, -0.1) is 0 Å². The first-order valence-corrected chi connectivity index (χ1v) is 3.83.